The Morgan fingerprint density at radius 3 is 3.17 bits per heavy atom. The van der Waals surface area contributed by atoms with Gasteiger partial charge in [0.1, 0.15) is 5.82 Å². The van der Waals surface area contributed by atoms with Crippen molar-refractivity contribution >= 4 is 16.8 Å². The number of para-hydroxylation sites is 1. The first-order valence-corrected chi connectivity index (χ1v) is 8.58. The minimum absolute atomic E-state index is 0.0559. The van der Waals surface area contributed by atoms with Crippen molar-refractivity contribution in [1.82, 2.24) is 20.3 Å². The molecule has 3 aromatic rings. The van der Waals surface area contributed by atoms with Crippen LogP contribution in [0.5, 0.6) is 0 Å². The van der Waals surface area contributed by atoms with E-state index in [0.29, 0.717) is 6.54 Å². The van der Waals surface area contributed by atoms with Gasteiger partial charge in [-0.15, -0.1) is 0 Å². The molecule has 2 heterocycles. The fourth-order valence-corrected chi connectivity index (χ4v) is 3.65. The summed E-state index contributed by atoms with van der Waals surface area (Å²) in [6, 6.07) is 8.26. The fourth-order valence-electron chi connectivity index (χ4n) is 3.65. The topological polar surface area (TPSA) is 73.6 Å². The quantitative estimate of drug-likeness (QED) is 0.691. The number of carbonyl (C=O) groups excluding carboxylic acids is 1. The molecule has 3 N–H and O–H groups in total. The second kappa shape index (κ2) is 6.15. The average molecular weight is 322 g/mol. The summed E-state index contributed by atoms with van der Waals surface area (Å²) in [7, 11) is 0. The highest BCUT2D eigenvalue weighted by Crippen LogP contribution is 2.24. The van der Waals surface area contributed by atoms with Crippen LogP contribution < -0.4 is 5.32 Å². The third-order valence-electron chi connectivity index (χ3n) is 4.90. The third kappa shape index (κ3) is 2.82. The summed E-state index contributed by atoms with van der Waals surface area (Å²) in [5, 5.41) is 4.34. The number of nitrogens with zero attached hydrogens (tertiary/aromatic N) is 1. The van der Waals surface area contributed by atoms with Crippen molar-refractivity contribution in [2.24, 2.45) is 5.92 Å². The zero-order chi connectivity index (χ0) is 16.5. The van der Waals surface area contributed by atoms with Gasteiger partial charge in [0.2, 0.25) is 5.91 Å². The highest BCUT2D eigenvalue weighted by molar-refractivity contribution is 5.83. The van der Waals surface area contributed by atoms with Crippen LogP contribution in [0.3, 0.4) is 0 Å². The zero-order valence-electron chi connectivity index (χ0n) is 13.9. The van der Waals surface area contributed by atoms with Gasteiger partial charge in [-0.1, -0.05) is 18.2 Å². The molecule has 1 amide bonds. The number of aryl methyl sites for hydroxylation is 2. The zero-order valence-corrected chi connectivity index (χ0v) is 13.9. The van der Waals surface area contributed by atoms with E-state index in [9.17, 15) is 4.79 Å². The van der Waals surface area contributed by atoms with Gasteiger partial charge in [0.25, 0.3) is 0 Å². The molecule has 0 bridgehead atoms. The standard InChI is InChI=1S/C19H22N4O/c1-12-22-17-7-6-13(10-18(17)23-12)19(24)20-9-8-14-11-21-16-5-3-2-4-15(14)16/h2-5,11,13,21H,6-10H2,1H3,(H,20,24)(H,22,23)/t13-/m1/s1. The lowest BCUT2D eigenvalue weighted by Crippen LogP contribution is -2.35. The molecule has 4 rings (SSSR count). The van der Waals surface area contributed by atoms with E-state index in [1.807, 2.05) is 25.3 Å². The van der Waals surface area contributed by atoms with Gasteiger partial charge in [-0.2, -0.15) is 0 Å². The van der Waals surface area contributed by atoms with Gasteiger partial charge in [-0.3, -0.25) is 4.79 Å². The molecule has 5 nitrogen and oxygen atoms in total. The Balaban J connectivity index is 1.34. The molecule has 0 spiro atoms. The summed E-state index contributed by atoms with van der Waals surface area (Å²) in [6.45, 7) is 2.64. The van der Waals surface area contributed by atoms with Crippen molar-refractivity contribution in [3.8, 4) is 0 Å². The molecule has 1 aliphatic rings. The number of hydrogen-bond donors (Lipinski definition) is 3. The van der Waals surface area contributed by atoms with E-state index in [2.05, 4.69) is 32.4 Å². The number of amides is 1. The van der Waals surface area contributed by atoms with E-state index in [-0.39, 0.29) is 11.8 Å². The molecular weight excluding hydrogens is 300 g/mol. The lowest BCUT2D eigenvalue weighted by molar-refractivity contribution is -0.125. The van der Waals surface area contributed by atoms with Crippen LogP contribution in [0.1, 0.15) is 29.2 Å². The van der Waals surface area contributed by atoms with Crippen molar-refractivity contribution in [3.05, 3.63) is 53.2 Å². The van der Waals surface area contributed by atoms with Gasteiger partial charge in [0.15, 0.2) is 0 Å². The van der Waals surface area contributed by atoms with Gasteiger partial charge in [-0.05, 0) is 37.8 Å². The number of imidazole rings is 1. The van der Waals surface area contributed by atoms with Crippen molar-refractivity contribution in [2.45, 2.75) is 32.6 Å². The number of nitrogens with one attached hydrogen (secondary N) is 3. The number of carbonyl (C=O) groups is 1. The van der Waals surface area contributed by atoms with Crippen LogP contribution in [0.25, 0.3) is 10.9 Å². The normalized spacial score (nSPS) is 17.0. The Bertz CT molecular complexity index is 877. The number of benzene rings is 1. The Kier molecular flexibility index (Phi) is 3.84. The van der Waals surface area contributed by atoms with Crippen LogP contribution in [0.2, 0.25) is 0 Å². The number of fused-ring (bicyclic) bond motifs is 2. The third-order valence-corrected chi connectivity index (χ3v) is 4.90. The lowest BCUT2D eigenvalue weighted by atomic mass is 9.89. The molecule has 1 aromatic carbocycles. The van der Waals surface area contributed by atoms with E-state index in [0.717, 1.165) is 48.4 Å². The first-order valence-electron chi connectivity index (χ1n) is 8.58. The summed E-state index contributed by atoms with van der Waals surface area (Å²) < 4.78 is 0. The number of H-pyrrole nitrogens is 2. The molecule has 0 saturated carbocycles. The van der Waals surface area contributed by atoms with Gasteiger partial charge < -0.3 is 15.3 Å². The van der Waals surface area contributed by atoms with Crippen molar-refractivity contribution in [3.63, 3.8) is 0 Å². The van der Waals surface area contributed by atoms with Crippen molar-refractivity contribution in [2.75, 3.05) is 6.54 Å². The molecule has 1 aliphatic carbocycles. The summed E-state index contributed by atoms with van der Waals surface area (Å²) in [5.74, 6) is 1.16. The Hall–Kier alpha value is -2.56. The summed E-state index contributed by atoms with van der Waals surface area (Å²) >= 11 is 0. The van der Waals surface area contributed by atoms with E-state index in [1.54, 1.807) is 0 Å². The Morgan fingerprint density at radius 2 is 2.25 bits per heavy atom. The van der Waals surface area contributed by atoms with Crippen LogP contribution in [0.4, 0.5) is 0 Å². The minimum Gasteiger partial charge on any atom is -0.361 e. The van der Waals surface area contributed by atoms with Crippen LogP contribution in [-0.2, 0) is 24.1 Å². The predicted molar refractivity (Wildman–Crippen MR) is 93.9 cm³/mol. The minimum atomic E-state index is 0.0559. The first-order chi connectivity index (χ1) is 11.7. The number of aromatic amines is 2. The molecule has 5 heteroatoms. The molecule has 0 fully saturated rings. The average Bonchev–Trinajstić information content (AvgIpc) is 3.16. The van der Waals surface area contributed by atoms with Crippen molar-refractivity contribution in [1.29, 1.82) is 0 Å². The fraction of sp³-hybridized carbons (Fsp3) is 0.368. The SMILES string of the molecule is Cc1nc2c([nH]1)C[C@H](C(=O)NCCc1c[nH]c3ccccc13)CC2. The Morgan fingerprint density at radius 1 is 1.38 bits per heavy atom. The molecule has 1 atom stereocenters. The van der Waals surface area contributed by atoms with Crippen LogP contribution in [0, 0.1) is 12.8 Å². The van der Waals surface area contributed by atoms with E-state index in [1.165, 1.54) is 10.9 Å². The molecule has 0 radical (unpaired) electrons. The van der Waals surface area contributed by atoms with Crippen molar-refractivity contribution < 1.29 is 4.79 Å². The van der Waals surface area contributed by atoms with E-state index >= 15 is 0 Å². The second-order valence-corrected chi connectivity index (χ2v) is 6.59. The molecule has 124 valence electrons. The maximum Gasteiger partial charge on any atom is 0.223 e. The maximum atomic E-state index is 12.5. The molecule has 0 saturated heterocycles. The second-order valence-electron chi connectivity index (χ2n) is 6.59. The van der Waals surface area contributed by atoms with Gasteiger partial charge in [-0.25, -0.2) is 4.98 Å². The number of aromatic nitrogens is 3. The van der Waals surface area contributed by atoms with Gasteiger partial charge in [0.05, 0.1) is 5.69 Å². The number of hydrogen-bond acceptors (Lipinski definition) is 2. The predicted octanol–water partition coefficient (Wildman–Crippen LogP) is 2.66. The van der Waals surface area contributed by atoms with Crippen LogP contribution >= 0.6 is 0 Å². The monoisotopic (exact) mass is 322 g/mol. The lowest BCUT2D eigenvalue weighted by Gasteiger charge is -2.20. The van der Waals surface area contributed by atoms with Crippen LogP contribution in [-0.4, -0.2) is 27.4 Å². The summed E-state index contributed by atoms with van der Waals surface area (Å²) in [6.07, 6.45) is 5.43. The molecule has 0 unspecified atom stereocenters. The summed E-state index contributed by atoms with van der Waals surface area (Å²) in [4.78, 5) is 23.5. The largest absolute Gasteiger partial charge is 0.361 e. The molecular formula is C19H22N4O. The van der Waals surface area contributed by atoms with E-state index < -0.39 is 0 Å². The van der Waals surface area contributed by atoms with Crippen LogP contribution in [0.15, 0.2) is 30.5 Å². The first kappa shape index (κ1) is 15.0. The Labute approximate surface area is 140 Å². The highest BCUT2D eigenvalue weighted by atomic mass is 16.1. The summed E-state index contributed by atoms with van der Waals surface area (Å²) in [5.41, 5.74) is 4.67. The highest BCUT2D eigenvalue weighted by Gasteiger charge is 2.26. The molecule has 2 aromatic heterocycles. The molecule has 24 heavy (non-hydrogen) atoms. The maximum absolute atomic E-state index is 12.5. The smallest absolute Gasteiger partial charge is 0.223 e. The van der Waals surface area contributed by atoms with E-state index in [4.69, 9.17) is 0 Å². The number of rotatable bonds is 4. The molecule has 0 aliphatic heterocycles. The van der Waals surface area contributed by atoms with Gasteiger partial charge in [0, 0.05) is 41.7 Å². The van der Waals surface area contributed by atoms with Gasteiger partial charge >= 0.3 is 0 Å².